The summed E-state index contributed by atoms with van der Waals surface area (Å²) in [7, 11) is 3.74. The van der Waals surface area contributed by atoms with Gasteiger partial charge in [-0.3, -0.25) is 0 Å². The molecule has 0 fully saturated rings. The maximum atomic E-state index is 9.22. The standard InChI is InChI=1S/C24H35N3O3/c1-16(2)22-13-19(17(3)12-20(22)15-27(4)10-11-28)14-23-25-26-24(30-23)18-6-8-21(29-5)9-7-18/h6-9,12,16,19-20,22,28H,10-11,13-15H2,1-5H3. The van der Waals surface area contributed by atoms with E-state index in [1.807, 2.05) is 24.3 Å². The van der Waals surface area contributed by atoms with E-state index in [-0.39, 0.29) is 6.61 Å². The number of ether oxygens (including phenoxy) is 1. The molecule has 1 heterocycles. The van der Waals surface area contributed by atoms with Gasteiger partial charge in [0.2, 0.25) is 11.8 Å². The first-order chi connectivity index (χ1) is 14.4. The second kappa shape index (κ2) is 10.2. The topological polar surface area (TPSA) is 71.6 Å². The zero-order chi connectivity index (χ0) is 21.7. The van der Waals surface area contributed by atoms with Crippen molar-refractivity contribution < 1.29 is 14.3 Å². The van der Waals surface area contributed by atoms with Crippen molar-refractivity contribution in [3.8, 4) is 17.2 Å². The lowest BCUT2D eigenvalue weighted by Crippen LogP contribution is -2.36. The van der Waals surface area contributed by atoms with Gasteiger partial charge in [-0.05, 0) is 68.3 Å². The third-order valence-electron chi connectivity index (χ3n) is 6.31. The highest BCUT2D eigenvalue weighted by atomic mass is 16.5. The van der Waals surface area contributed by atoms with Crippen LogP contribution in [0.15, 0.2) is 40.3 Å². The van der Waals surface area contributed by atoms with Crippen molar-refractivity contribution >= 4 is 0 Å². The van der Waals surface area contributed by atoms with Crippen LogP contribution in [0.5, 0.6) is 5.75 Å². The number of hydrogen-bond acceptors (Lipinski definition) is 6. The molecule has 0 saturated heterocycles. The molecule has 1 aliphatic carbocycles. The predicted molar refractivity (Wildman–Crippen MR) is 118 cm³/mol. The second-order valence-corrected chi connectivity index (χ2v) is 8.83. The lowest BCUT2D eigenvalue weighted by Gasteiger charge is -2.38. The second-order valence-electron chi connectivity index (χ2n) is 8.83. The number of methoxy groups -OCH3 is 1. The smallest absolute Gasteiger partial charge is 0.247 e. The Balaban J connectivity index is 1.71. The molecule has 1 aromatic heterocycles. The summed E-state index contributed by atoms with van der Waals surface area (Å²) in [5.41, 5.74) is 2.30. The van der Waals surface area contributed by atoms with Gasteiger partial charge < -0.3 is 19.2 Å². The lowest BCUT2D eigenvalue weighted by molar-refractivity contribution is 0.156. The van der Waals surface area contributed by atoms with Crippen molar-refractivity contribution in [3.05, 3.63) is 41.8 Å². The Morgan fingerprint density at radius 1 is 1.23 bits per heavy atom. The van der Waals surface area contributed by atoms with E-state index in [2.05, 4.69) is 49.0 Å². The average Bonchev–Trinajstić information content (AvgIpc) is 3.18. The van der Waals surface area contributed by atoms with Gasteiger partial charge in [0.1, 0.15) is 5.75 Å². The molecule has 164 valence electrons. The summed E-state index contributed by atoms with van der Waals surface area (Å²) in [6, 6.07) is 7.66. The highest BCUT2D eigenvalue weighted by Gasteiger charge is 2.33. The van der Waals surface area contributed by atoms with E-state index in [9.17, 15) is 5.11 Å². The SMILES string of the molecule is COc1ccc(-c2nnc(CC3CC(C(C)C)C(CN(C)CCO)C=C3C)o2)cc1. The van der Waals surface area contributed by atoms with Gasteiger partial charge in [-0.25, -0.2) is 0 Å². The zero-order valence-electron chi connectivity index (χ0n) is 18.8. The number of allylic oxidation sites excluding steroid dienone is 1. The van der Waals surface area contributed by atoms with Crippen LogP contribution >= 0.6 is 0 Å². The lowest BCUT2D eigenvalue weighted by atomic mass is 9.69. The van der Waals surface area contributed by atoms with Crippen molar-refractivity contribution in [1.82, 2.24) is 15.1 Å². The molecular weight excluding hydrogens is 378 g/mol. The fourth-order valence-electron chi connectivity index (χ4n) is 4.50. The van der Waals surface area contributed by atoms with Crippen LogP contribution in [-0.4, -0.2) is 54.1 Å². The number of aliphatic hydroxyl groups excluding tert-OH is 1. The van der Waals surface area contributed by atoms with E-state index in [0.29, 0.717) is 42.0 Å². The highest BCUT2D eigenvalue weighted by molar-refractivity contribution is 5.53. The molecule has 0 bridgehead atoms. The van der Waals surface area contributed by atoms with Gasteiger partial charge in [-0.15, -0.1) is 10.2 Å². The number of aromatic nitrogens is 2. The predicted octanol–water partition coefficient (Wildman–Crippen LogP) is 4.07. The molecule has 2 aromatic rings. The normalized spacial score (nSPS) is 21.9. The van der Waals surface area contributed by atoms with Crippen LogP contribution in [0.1, 0.15) is 33.1 Å². The van der Waals surface area contributed by atoms with E-state index >= 15 is 0 Å². The Morgan fingerprint density at radius 3 is 2.60 bits per heavy atom. The molecule has 3 atom stereocenters. The van der Waals surface area contributed by atoms with Gasteiger partial charge in [0, 0.05) is 25.1 Å². The largest absolute Gasteiger partial charge is 0.497 e. The van der Waals surface area contributed by atoms with Crippen molar-refractivity contribution in [2.24, 2.45) is 23.7 Å². The molecule has 1 aromatic carbocycles. The first-order valence-corrected chi connectivity index (χ1v) is 10.9. The fourth-order valence-corrected chi connectivity index (χ4v) is 4.50. The Labute approximate surface area is 180 Å². The van der Waals surface area contributed by atoms with Crippen molar-refractivity contribution in [1.29, 1.82) is 0 Å². The molecule has 6 heteroatoms. The Hall–Kier alpha value is -2.18. The molecule has 3 rings (SSSR count). The molecule has 1 N–H and O–H groups in total. The van der Waals surface area contributed by atoms with E-state index in [1.165, 1.54) is 5.57 Å². The van der Waals surface area contributed by atoms with Crippen LogP contribution in [0.4, 0.5) is 0 Å². The van der Waals surface area contributed by atoms with Crippen LogP contribution in [0, 0.1) is 23.7 Å². The highest BCUT2D eigenvalue weighted by Crippen LogP contribution is 2.39. The summed E-state index contributed by atoms with van der Waals surface area (Å²) in [5, 5.41) is 17.8. The minimum atomic E-state index is 0.203. The molecule has 0 amide bonds. The third-order valence-corrected chi connectivity index (χ3v) is 6.31. The van der Waals surface area contributed by atoms with E-state index < -0.39 is 0 Å². The summed E-state index contributed by atoms with van der Waals surface area (Å²) in [6.07, 6.45) is 4.33. The van der Waals surface area contributed by atoms with Gasteiger partial charge in [0.05, 0.1) is 13.7 Å². The number of hydrogen-bond donors (Lipinski definition) is 1. The minimum Gasteiger partial charge on any atom is -0.497 e. The summed E-state index contributed by atoms with van der Waals surface area (Å²) < 4.78 is 11.2. The van der Waals surface area contributed by atoms with Crippen LogP contribution in [-0.2, 0) is 6.42 Å². The average molecular weight is 414 g/mol. The van der Waals surface area contributed by atoms with Gasteiger partial charge in [0.25, 0.3) is 0 Å². The summed E-state index contributed by atoms with van der Waals surface area (Å²) >= 11 is 0. The molecule has 3 unspecified atom stereocenters. The first-order valence-electron chi connectivity index (χ1n) is 10.9. The third kappa shape index (κ3) is 5.49. The Bertz CT molecular complexity index is 828. The van der Waals surface area contributed by atoms with Crippen molar-refractivity contribution in [2.45, 2.75) is 33.6 Å². The monoisotopic (exact) mass is 413 g/mol. The molecule has 0 spiro atoms. The summed E-state index contributed by atoms with van der Waals surface area (Å²) in [6.45, 7) is 8.74. The molecular formula is C24H35N3O3. The molecule has 0 saturated carbocycles. The minimum absolute atomic E-state index is 0.203. The molecule has 0 radical (unpaired) electrons. The van der Waals surface area contributed by atoms with Gasteiger partial charge in [0.15, 0.2) is 0 Å². The number of aliphatic hydroxyl groups is 1. The van der Waals surface area contributed by atoms with Gasteiger partial charge in [-0.2, -0.15) is 0 Å². The molecule has 0 aliphatic heterocycles. The van der Waals surface area contributed by atoms with Gasteiger partial charge in [-0.1, -0.05) is 25.5 Å². The quantitative estimate of drug-likeness (QED) is 0.625. The Kier molecular flexibility index (Phi) is 7.67. The maximum Gasteiger partial charge on any atom is 0.247 e. The number of benzene rings is 1. The molecule has 6 nitrogen and oxygen atoms in total. The Morgan fingerprint density at radius 2 is 1.97 bits per heavy atom. The number of rotatable bonds is 9. The van der Waals surface area contributed by atoms with E-state index in [4.69, 9.17) is 9.15 Å². The van der Waals surface area contributed by atoms with E-state index in [1.54, 1.807) is 7.11 Å². The molecule has 30 heavy (non-hydrogen) atoms. The summed E-state index contributed by atoms with van der Waals surface area (Å²) in [4.78, 5) is 2.23. The fraction of sp³-hybridized carbons (Fsp3) is 0.583. The van der Waals surface area contributed by atoms with Gasteiger partial charge >= 0.3 is 0 Å². The van der Waals surface area contributed by atoms with Crippen molar-refractivity contribution in [2.75, 3.05) is 33.9 Å². The maximum absolute atomic E-state index is 9.22. The number of nitrogens with zero attached hydrogens (tertiary/aromatic N) is 3. The van der Waals surface area contributed by atoms with Crippen LogP contribution in [0.25, 0.3) is 11.5 Å². The van der Waals surface area contributed by atoms with Crippen LogP contribution < -0.4 is 4.74 Å². The van der Waals surface area contributed by atoms with Crippen LogP contribution in [0.2, 0.25) is 0 Å². The summed E-state index contributed by atoms with van der Waals surface area (Å²) in [5.74, 6) is 4.17. The number of likely N-dealkylation sites (N-methyl/N-ethyl adjacent to an activating group) is 1. The zero-order valence-corrected chi connectivity index (χ0v) is 18.8. The van der Waals surface area contributed by atoms with Crippen LogP contribution in [0.3, 0.4) is 0 Å². The van der Waals surface area contributed by atoms with E-state index in [0.717, 1.165) is 30.7 Å². The molecule has 1 aliphatic rings. The van der Waals surface area contributed by atoms with Crippen molar-refractivity contribution in [3.63, 3.8) is 0 Å². The first kappa shape index (κ1) is 22.5.